The molecule has 4 saturated carbocycles. The molecular formula is C110H204O26. The second-order valence-corrected chi connectivity index (χ2v) is 47.1. The third kappa shape index (κ3) is 39.9. The second kappa shape index (κ2) is 63.6. The monoisotopic (exact) mass is 1940 g/mol. The van der Waals surface area contributed by atoms with Crippen molar-refractivity contribution in [1.82, 2.24) is 0 Å². The molecule has 26 nitrogen and oxygen atoms in total. The van der Waals surface area contributed by atoms with Crippen molar-refractivity contribution in [3.8, 4) is 0 Å². The van der Waals surface area contributed by atoms with E-state index in [4.69, 9.17) is 56.8 Å². The standard InChI is InChI=1S/C110H204O26/c1-69-21-13-29-77(9)85-45-41-81(57-85)33-17-25-73(5)49-53-125-65-89(67-129-107-103(123)105(97(117)93(63-113)131-107)135-109-101(121)99(119)95(115)91(61-111)133-109)128-56-52-76(8)28-20-36-84-44-48-88(60-84)80(12)32-16-24-72(4)40-38-70(2)22-14-30-78(10)86-46-42-82(58-86)34-18-26-74(6)50-54-126-66-90(127-55-51-75(7)27-19-35-83-43-47-87(59-83)79(11)31-15-23-71(3)39-37-69)68-130-108-104(124)106(98(118)94(64-114)132-108)136-110-102(122)100(120)96(116)92(62-112)134-110/h69-124H,13-68H2,1-12H3/t69?,70?,71?,72?,73?,74?,75?,76?,77?,78?,79?,80?,81?,82?,83?,84?,85?,86?,87?,88?,89-,90-,91+,92+,93+,94+,95+,96+,97-,98-,99-,100-,101+,102+,103+,104+,105-,106-,107+,108+,109-,110-/m0/s1. The molecule has 26 heteroatoms. The van der Waals surface area contributed by atoms with Crippen molar-refractivity contribution in [3.05, 3.63) is 0 Å². The van der Waals surface area contributed by atoms with Gasteiger partial charge in [0, 0.05) is 26.4 Å². The highest BCUT2D eigenvalue weighted by Gasteiger charge is 2.54. The van der Waals surface area contributed by atoms with Gasteiger partial charge >= 0.3 is 0 Å². The molecular weight excluding hydrogens is 1740 g/mol. The highest BCUT2D eigenvalue weighted by atomic mass is 16.8. The molecule has 4 aliphatic carbocycles. The Morgan fingerprint density at radius 1 is 0.228 bits per heavy atom. The first-order chi connectivity index (χ1) is 65.3. The van der Waals surface area contributed by atoms with Crippen molar-refractivity contribution in [2.75, 3.05) is 79.3 Å². The van der Waals surface area contributed by atoms with E-state index in [-0.39, 0.29) is 26.4 Å². The van der Waals surface area contributed by atoms with Crippen LogP contribution in [0.1, 0.15) is 366 Å². The van der Waals surface area contributed by atoms with Gasteiger partial charge in [-0.05, 0) is 195 Å². The van der Waals surface area contributed by atoms with Crippen molar-refractivity contribution in [2.45, 2.75) is 501 Å². The van der Waals surface area contributed by atoms with Gasteiger partial charge in [-0.3, -0.25) is 0 Å². The van der Waals surface area contributed by atoms with E-state index in [1.165, 1.54) is 231 Å². The van der Waals surface area contributed by atoms with Crippen molar-refractivity contribution in [2.24, 2.45) is 118 Å². The molecule has 8 bridgehead atoms. The highest BCUT2D eigenvalue weighted by Crippen LogP contribution is 2.46. The molecule has 136 heavy (non-hydrogen) atoms. The number of aliphatic hydroxyl groups is 14. The van der Waals surface area contributed by atoms with Gasteiger partial charge in [0.2, 0.25) is 0 Å². The molecule has 0 aromatic carbocycles. The Kier molecular flexibility index (Phi) is 55.4. The van der Waals surface area contributed by atoms with Crippen LogP contribution in [-0.2, 0) is 56.8 Å². The predicted octanol–water partition coefficient (Wildman–Crippen LogP) is 15.9. The largest absolute Gasteiger partial charge is 0.394 e. The number of hydrogen-bond acceptors (Lipinski definition) is 26. The zero-order valence-corrected chi connectivity index (χ0v) is 87.0. The molecule has 0 spiro atoms. The molecule has 0 amide bonds. The van der Waals surface area contributed by atoms with Crippen LogP contribution in [0.15, 0.2) is 0 Å². The lowest BCUT2D eigenvalue weighted by molar-refractivity contribution is -0.361. The molecule has 9 fully saturated rings. The zero-order chi connectivity index (χ0) is 98.3. The molecule has 14 N–H and O–H groups in total. The van der Waals surface area contributed by atoms with Crippen LogP contribution in [0.3, 0.4) is 0 Å². The molecule has 20 unspecified atom stereocenters. The highest BCUT2D eigenvalue weighted by molar-refractivity contribution is 4.97. The maximum atomic E-state index is 11.6. The summed E-state index contributed by atoms with van der Waals surface area (Å²) in [6.07, 6.45) is 23.6. The number of hydrogen-bond donors (Lipinski definition) is 14. The summed E-state index contributed by atoms with van der Waals surface area (Å²) < 4.78 is 73.2. The van der Waals surface area contributed by atoms with E-state index in [1.807, 2.05) is 0 Å². The van der Waals surface area contributed by atoms with Gasteiger partial charge in [0.25, 0.3) is 0 Å². The van der Waals surface area contributed by atoms with Gasteiger partial charge < -0.3 is 128 Å². The average molecular weight is 1940 g/mol. The van der Waals surface area contributed by atoms with Crippen molar-refractivity contribution in [3.63, 3.8) is 0 Å². The maximum absolute atomic E-state index is 11.6. The molecule has 800 valence electrons. The van der Waals surface area contributed by atoms with E-state index in [0.29, 0.717) is 50.1 Å². The molecule has 5 heterocycles. The molecule has 42 atom stereocenters. The number of ether oxygens (including phenoxy) is 12. The van der Waals surface area contributed by atoms with Gasteiger partial charge in [0.1, 0.15) is 110 Å². The molecule has 0 radical (unpaired) electrons. The molecule has 0 aromatic heterocycles. The lowest BCUT2D eigenvalue weighted by Crippen LogP contribution is -2.65. The second-order valence-electron chi connectivity index (χ2n) is 47.1. The van der Waals surface area contributed by atoms with Gasteiger partial charge in [-0.15, -0.1) is 0 Å². The summed E-state index contributed by atoms with van der Waals surface area (Å²) in [6.45, 7) is 29.2. The van der Waals surface area contributed by atoms with Crippen LogP contribution in [-0.4, -0.2) is 286 Å². The van der Waals surface area contributed by atoms with Gasteiger partial charge in [-0.25, -0.2) is 0 Å². The predicted molar refractivity (Wildman–Crippen MR) is 527 cm³/mol. The fraction of sp³-hybridized carbons (Fsp3) is 1.00. The molecule has 0 aromatic rings. The smallest absolute Gasteiger partial charge is 0.187 e. The third-order valence-corrected chi connectivity index (χ3v) is 35.4. The lowest BCUT2D eigenvalue weighted by atomic mass is 9.84. The van der Waals surface area contributed by atoms with E-state index < -0.39 is 161 Å². The van der Waals surface area contributed by atoms with Crippen molar-refractivity contribution >= 4 is 0 Å². The third-order valence-electron chi connectivity index (χ3n) is 35.4. The first-order valence-electron chi connectivity index (χ1n) is 56.1. The van der Waals surface area contributed by atoms with E-state index in [2.05, 4.69) is 83.1 Å². The van der Waals surface area contributed by atoms with Crippen molar-refractivity contribution < 1.29 is 128 Å². The summed E-state index contributed by atoms with van der Waals surface area (Å²) >= 11 is 0. The quantitative estimate of drug-likeness (QED) is 0.0768. The van der Waals surface area contributed by atoms with E-state index in [9.17, 15) is 71.5 Å². The number of fused-ring (bicyclic) bond motifs is 8. The van der Waals surface area contributed by atoms with Crippen LogP contribution < -0.4 is 0 Å². The molecule has 9 rings (SSSR count). The van der Waals surface area contributed by atoms with Crippen LogP contribution >= 0.6 is 0 Å². The Morgan fingerprint density at radius 2 is 0.471 bits per heavy atom. The van der Waals surface area contributed by atoms with Crippen LogP contribution in [0.4, 0.5) is 0 Å². The molecule has 5 saturated heterocycles. The van der Waals surface area contributed by atoms with Crippen LogP contribution in [0.2, 0.25) is 0 Å². The fourth-order valence-corrected chi connectivity index (χ4v) is 24.9. The summed E-state index contributed by atoms with van der Waals surface area (Å²) in [5, 5.41) is 149. The summed E-state index contributed by atoms with van der Waals surface area (Å²) in [7, 11) is 0. The first kappa shape index (κ1) is 119. The average Bonchev–Trinajstić information content (AvgIpc) is 1.32. The minimum atomic E-state index is -1.78. The Bertz CT molecular complexity index is 2850. The van der Waals surface area contributed by atoms with Gasteiger partial charge in [0.05, 0.1) is 52.9 Å². The Morgan fingerprint density at radius 3 is 0.743 bits per heavy atom. The first-order valence-corrected chi connectivity index (χ1v) is 56.1. The Labute approximate surface area is 822 Å². The summed E-state index contributed by atoms with van der Waals surface area (Å²) in [5.74, 6) is 14.5. The lowest BCUT2D eigenvalue weighted by Gasteiger charge is -2.46. The number of aliphatic hydroxyl groups excluding tert-OH is 14. The van der Waals surface area contributed by atoms with E-state index >= 15 is 0 Å². The summed E-state index contributed by atoms with van der Waals surface area (Å²) in [6, 6.07) is 0. The van der Waals surface area contributed by atoms with Gasteiger partial charge in [0.15, 0.2) is 25.2 Å². The maximum Gasteiger partial charge on any atom is 0.187 e. The van der Waals surface area contributed by atoms with Crippen LogP contribution in [0.25, 0.3) is 0 Å². The Hall–Kier alpha value is -1.04. The van der Waals surface area contributed by atoms with Crippen LogP contribution in [0, 0.1) is 118 Å². The van der Waals surface area contributed by atoms with Crippen LogP contribution in [0.5, 0.6) is 0 Å². The summed E-state index contributed by atoms with van der Waals surface area (Å²) in [5.41, 5.74) is 0. The van der Waals surface area contributed by atoms with Gasteiger partial charge in [-0.1, -0.05) is 289 Å². The minimum Gasteiger partial charge on any atom is -0.394 e. The van der Waals surface area contributed by atoms with Crippen molar-refractivity contribution in [1.29, 1.82) is 0 Å². The SMILES string of the molecule is CC1CCCC2CCC(C2)C(C)CCCC(C)CCC(C)CCCC(C)C2CCC(CCCC(C)CCO[C@H](CO[C@@H]3O[C@H](CO)[C@H](O)[C@H](O[C@@H]4O[C@H](CO)[C@@H](O)[C@H](O)[C@H]4O)[C@H]3O)COCCC(C)CCCC3CCC(C3)C(C)CCCC(C)CCC(C)CCCC(C)C3CCC(CCCC(C)CCO[C@H](CO[C@@H]4O[C@H](CO)[C@H](O)[C@H](O[C@@H]5O[C@H](CO)[C@@H](O)[C@H](O)[C@H]5O)[C@H]4O)COCC1)C3)C2. The van der Waals surface area contributed by atoms with Gasteiger partial charge in [-0.2, -0.15) is 0 Å². The minimum absolute atomic E-state index is 0.0319. The van der Waals surface area contributed by atoms with E-state index in [0.717, 1.165) is 146 Å². The molecule has 9 aliphatic rings. The molecule has 5 aliphatic heterocycles. The zero-order valence-electron chi connectivity index (χ0n) is 87.0. The van der Waals surface area contributed by atoms with E-state index in [1.54, 1.807) is 0 Å². The summed E-state index contributed by atoms with van der Waals surface area (Å²) in [4.78, 5) is 0. The normalized spacial score (nSPS) is 45.0. The topological polar surface area (TPSA) is 394 Å². The Balaban J connectivity index is 0.725. The fourth-order valence-electron chi connectivity index (χ4n) is 24.9. The number of rotatable bonds is 14.